The number of esters is 1. The largest absolute Gasteiger partial charge is 0.465 e. The first-order valence-electron chi connectivity index (χ1n) is 12.0. The molecule has 1 amide bonds. The summed E-state index contributed by atoms with van der Waals surface area (Å²) in [5.41, 5.74) is 4.80. The number of carbonyl (C=O) groups is 2. The van der Waals surface area contributed by atoms with Crippen molar-refractivity contribution in [3.8, 4) is 0 Å². The fourth-order valence-electron chi connectivity index (χ4n) is 4.85. The van der Waals surface area contributed by atoms with Crippen LogP contribution >= 0.6 is 0 Å². The molecule has 2 heterocycles. The number of hydrazone groups is 1. The Hall–Kier alpha value is -3.06. The molecule has 0 N–H and O–H groups in total. The maximum Gasteiger partial charge on any atom is 0.323 e. The molecule has 1 fully saturated rings. The van der Waals surface area contributed by atoms with Crippen molar-refractivity contribution < 1.29 is 18.7 Å². The standard InChI is InChI=1S/C27H32FN3O3/c1-4-34-27(33)24-7-5-6-14-30(24)17-26(32)31-25(22-15-18(2)8-9-19(22)3)16-23(29-31)20-10-12-21(28)13-11-20/h8-13,15,24-25H,4-7,14,16-17H2,1-3H3. The van der Waals surface area contributed by atoms with E-state index in [0.29, 0.717) is 26.0 Å². The molecule has 0 aliphatic carbocycles. The van der Waals surface area contributed by atoms with E-state index in [-0.39, 0.29) is 30.3 Å². The van der Waals surface area contributed by atoms with E-state index in [1.807, 2.05) is 18.7 Å². The van der Waals surface area contributed by atoms with E-state index in [9.17, 15) is 14.0 Å². The summed E-state index contributed by atoms with van der Waals surface area (Å²) in [5.74, 6) is -0.728. The van der Waals surface area contributed by atoms with Gasteiger partial charge in [-0.3, -0.25) is 14.5 Å². The molecule has 2 aromatic carbocycles. The highest BCUT2D eigenvalue weighted by Crippen LogP contribution is 2.35. The van der Waals surface area contributed by atoms with Crippen LogP contribution < -0.4 is 0 Å². The van der Waals surface area contributed by atoms with Crippen LogP contribution in [0.4, 0.5) is 4.39 Å². The number of halogens is 1. The first-order chi connectivity index (χ1) is 16.4. The molecule has 0 radical (unpaired) electrons. The number of benzene rings is 2. The minimum atomic E-state index is -0.403. The fraction of sp³-hybridized carbons (Fsp3) is 0.444. The van der Waals surface area contributed by atoms with Crippen molar-refractivity contribution in [1.82, 2.24) is 9.91 Å². The van der Waals surface area contributed by atoms with Crippen molar-refractivity contribution in [3.05, 3.63) is 70.5 Å². The summed E-state index contributed by atoms with van der Waals surface area (Å²) in [4.78, 5) is 28.0. The van der Waals surface area contributed by atoms with Gasteiger partial charge < -0.3 is 4.74 Å². The van der Waals surface area contributed by atoms with Crippen molar-refractivity contribution in [3.63, 3.8) is 0 Å². The Kier molecular flexibility index (Phi) is 7.41. The van der Waals surface area contributed by atoms with Gasteiger partial charge in [-0.15, -0.1) is 0 Å². The van der Waals surface area contributed by atoms with E-state index in [2.05, 4.69) is 18.2 Å². The first-order valence-corrected chi connectivity index (χ1v) is 12.0. The molecule has 0 saturated carbocycles. The molecule has 0 spiro atoms. The molecule has 6 nitrogen and oxygen atoms in total. The van der Waals surface area contributed by atoms with E-state index < -0.39 is 6.04 Å². The van der Waals surface area contributed by atoms with Gasteiger partial charge in [0.25, 0.3) is 5.91 Å². The van der Waals surface area contributed by atoms with Crippen LogP contribution in [0, 0.1) is 19.7 Å². The van der Waals surface area contributed by atoms with Crippen LogP contribution in [0.5, 0.6) is 0 Å². The number of likely N-dealkylation sites (tertiary alicyclic amines) is 1. The normalized spacial score (nSPS) is 20.8. The smallest absolute Gasteiger partial charge is 0.323 e. The summed E-state index contributed by atoms with van der Waals surface area (Å²) in [6, 6.07) is 11.8. The molecule has 0 bridgehead atoms. The van der Waals surface area contributed by atoms with E-state index >= 15 is 0 Å². The Morgan fingerprint density at radius 1 is 1.12 bits per heavy atom. The molecule has 2 aliphatic rings. The molecule has 2 aromatic rings. The van der Waals surface area contributed by atoms with Crippen LogP contribution in [0.25, 0.3) is 0 Å². The molecule has 0 aromatic heterocycles. The third-order valence-corrected chi connectivity index (χ3v) is 6.65. The van der Waals surface area contributed by atoms with Crippen molar-refractivity contribution >= 4 is 17.6 Å². The van der Waals surface area contributed by atoms with E-state index in [0.717, 1.165) is 40.8 Å². The Balaban J connectivity index is 1.63. The zero-order valence-corrected chi connectivity index (χ0v) is 20.1. The lowest BCUT2D eigenvalue weighted by molar-refractivity contribution is -0.152. The Bertz CT molecular complexity index is 1080. The van der Waals surface area contributed by atoms with Gasteiger partial charge >= 0.3 is 5.97 Å². The number of hydrogen-bond donors (Lipinski definition) is 0. The van der Waals surface area contributed by atoms with E-state index in [1.165, 1.54) is 12.1 Å². The molecule has 180 valence electrons. The number of nitrogens with zero attached hydrogens (tertiary/aromatic N) is 3. The predicted molar refractivity (Wildman–Crippen MR) is 129 cm³/mol. The van der Waals surface area contributed by atoms with Gasteiger partial charge in [-0.1, -0.05) is 42.3 Å². The minimum absolute atomic E-state index is 0.102. The predicted octanol–water partition coefficient (Wildman–Crippen LogP) is 4.54. The van der Waals surface area contributed by atoms with Crippen molar-refractivity contribution in [1.29, 1.82) is 0 Å². The van der Waals surface area contributed by atoms with Crippen molar-refractivity contribution in [2.24, 2.45) is 5.10 Å². The average Bonchev–Trinajstić information content (AvgIpc) is 3.27. The highest BCUT2D eigenvalue weighted by Gasteiger charge is 2.37. The van der Waals surface area contributed by atoms with Gasteiger partial charge in [-0.25, -0.2) is 9.40 Å². The monoisotopic (exact) mass is 465 g/mol. The fourth-order valence-corrected chi connectivity index (χ4v) is 4.85. The van der Waals surface area contributed by atoms with Gasteiger partial charge in [-0.05, 0) is 69.0 Å². The molecule has 2 aliphatic heterocycles. The lowest BCUT2D eigenvalue weighted by atomic mass is 9.94. The van der Waals surface area contributed by atoms with Gasteiger partial charge in [0, 0.05) is 6.42 Å². The minimum Gasteiger partial charge on any atom is -0.465 e. The number of rotatable bonds is 6. The molecule has 34 heavy (non-hydrogen) atoms. The SMILES string of the molecule is CCOC(=O)C1CCCCN1CC(=O)N1N=C(c2ccc(F)cc2)CC1c1cc(C)ccc1C. The second-order valence-electron chi connectivity index (χ2n) is 9.11. The summed E-state index contributed by atoms with van der Waals surface area (Å²) in [6.07, 6.45) is 3.11. The van der Waals surface area contributed by atoms with Crippen molar-refractivity contribution in [2.45, 2.75) is 58.5 Å². The van der Waals surface area contributed by atoms with Crippen LogP contribution in [0.2, 0.25) is 0 Å². The summed E-state index contributed by atoms with van der Waals surface area (Å²) < 4.78 is 18.7. The molecular formula is C27H32FN3O3. The number of piperidine rings is 1. The average molecular weight is 466 g/mol. The summed E-state index contributed by atoms with van der Waals surface area (Å²) in [6.45, 7) is 6.96. The summed E-state index contributed by atoms with van der Waals surface area (Å²) in [5, 5.41) is 6.29. The number of aryl methyl sites for hydroxylation is 2. The first kappa shape index (κ1) is 24.1. The number of hydrogen-bond acceptors (Lipinski definition) is 5. The van der Waals surface area contributed by atoms with Crippen LogP contribution in [0.3, 0.4) is 0 Å². The Morgan fingerprint density at radius 3 is 2.62 bits per heavy atom. The molecule has 2 unspecified atom stereocenters. The second kappa shape index (κ2) is 10.5. The summed E-state index contributed by atoms with van der Waals surface area (Å²) >= 11 is 0. The second-order valence-corrected chi connectivity index (χ2v) is 9.11. The Morgan fingerprint density at radius 2 is 1.88 bits per heavy atom. The number of ether oxygens (including phenoxy) is 1. The van der Waals surface area contributed by atoms with Gasteiger partial charge in [0.1, 0.15) is 11.9 Å². The third kappa shape index (κ3) is 5.20. The quantitative estimate of drug-likeness (QED) is 0.588. The van der Waals surface area contributed by atoms with Crippen LogP contribution in [0.1, 0.15) is 60.9 Å². The molecule has 2 atom stereocenters. The highest BCUT2D eigenvalue weighted by atomic mass is 19.1. The number of carbonyl (C=O) groups excluding carboxylic acids is 2. The zero-order chi connectivity index (χ0) is 24.2. The maximum atomic E-state index is 13.6. The molecule has 1 saturated heterocycles. The molecule has 4 rings (SSSR count). The number of amides is 1. The van der Waals surface area contributed by atoms with Gasteiger partial charge in [0.2, 0.25) is 0 Å². The van der Waals surface area contributed by atoms with Gasteiger partial charge in [0.05, 0.1) is 24.9 Å². The van der Waals surface area contributed by atoms with Crippen LogP contribution in [-0.4, -0.2) is 53.2 Å². The lowest BCUT2D eigenvalue weighted by Gasteiger charge is -2.34. The maximum absolute atomic E-state index is 13.6. The van der Waals surface area contributed by atoms with Crippen LogP contribution in [0.15, 0.2) is 47.6 Å². The van der Waals surface area contributed by atoms with Crippen molar-refractivity contribution in [2.75, 3.05) is 19.7 Å². The van der Waals surface area contributed by atoms with Crippen LogP contribution in [-0.2, 0) is 14.3 Å². The Labute approximate surface area is 200 Å². The van der Waals surface area contributed by atoms with E-state index in [4.69, 9.17) is 9.84 Å². The van der Waals surface area contributed by atoms with Gasteiger partial charge in [-0.2, -0.15) is 5.10 Å². The zero-order valence-electron chi connectivity index (χ0n) is 20.1. The third-order valence-electron chi connectivity index (χ3n) is 6.65. The highest BCUT2D eigenvalue weighted by molar-refractivity contribution is 6.03. The molecular weight excluding hydrogens is 433 g/mol. The van der Waals surface area contributed by atoms with E-state index in [1.54, 1.807) is 24.1 Å². The molecule has 7 heteroatoms. The van der Waals surface area contributed by atoms with Gasteiger partial charge in [0.15, 0.2) is 0 Å². The summed E-state index contributed by atoms with van der Waals surface area (Å²) in [7, 11) is 0. The topological polar surface area (TPSA) is 62.2 Å². The lowest BCUT2D eigenvalue weighted by Crippen LogP contribution is -2.49.